The average Bonchev–Trinajstić information content (AvgIpc) is 2.34. The molecule has 0 heterocycles. The van der Waals surface area contributed by atoms with Crippen LogP contribution in [0.2, 0.25) is 0 Å². The number of para-hydroxylation sites is 2. The Hall–Kier alpha value is -1.62. The highest BCUT2D eigenvalue weighted by molar-refractivity contribution is 5.45. The van der Waals surface area contributed by atoms with Crippen molar-refractivity contribution in [2.24, 2.45) is 5.73 Å². The van der Waals surface area contributed by atoms with E-state index in [1.54, 1.807) is 18.2 Å². The van der Waals surface area contributed by atoms with Crippen molar-refractivity contribution in [1.82, 2.24) is 0 Å². The summed E-state index contributed by atoms with van der Waals surface area (Å²) < 4.78 is 5.41. The Balaban J connectivity index is 2.34. The van der Waals surface area contributed by atoms with Gasteiger partial charge in [0.25, 0.3) is 0 Å². The third-order valence-corrected chi connectivity index (χ3v) is 2.42. The summed E-state index contributed by atoms with van der Waals surface area (Å²) in [6.45, 7) is 1.22. The minimum absolute atomic E-state index is 0.0226. The fraction of sp³-hybridized carbons (Fsp3) is 0.500. The first-order chi connectivity index (χ1) is 8.25. The van der Waals surface area contributed by atoms with Crippen LogP contribution in [0.25, 0.3) is 0 Å². The van der Waals surface area contributed by atoms with E-state index in [0.29, 0.717) is 18.9 Å². The molecule has 0 spiro atoms. The Morgan fingerprint density at radius 1 is 1.18 bits per heavy atom. The number of nitrogens with zero attached hydrogens (tertiary/aromatic N) is 1. The number of ether oxygens (including phenoxy) is 1. The summed E-state index contributed by atoms with van der Waals surface area (Å²) in [5.41, 5.74) is 5.40. The van der Waals surface area contributed by atoms with Gasteiger partial charge in [0.2, 0.25) is 0 Å². The van der Waals surface area contributed by atoms with E-state index in [2.05, 4.69) is 0 Å². The minimum Gasteiger partial charge on any atom is -0.487 e. The molecule has 94 valence electrons. The van der Waals surface area contributed by atoms with E-state index >= 15 is 0 Å². The summed E-state index contributed by atoms with van der Waals surface area (Å²) in [6, 6.07) is 6.44. The Morgan fingerprint density at radius 2 is 1.88 bits per heavy atom. The quantitative estimate of drug-likeness (QED) is 0.428. The summed E-state index contributed by atoms with van der Waals surface area (Å²) >= 11 is 0. The van der Waals surface area contributed by atoms with Crippen molar-refractivity contribution in [3.8, 4) is 5.75 Å². The van der Waals surface area contributed by atoms with E-state index < -0.39 is 4.92 Å². The summed E-state index contributed by atoms with van der Waals surface area (Å²) in [5, 5.41) is 10.7. The third kappa shape index (κ3) is 4.82. The lowest BCUT2D eigenvalue weighted by molar-refractivity contribution is -0.385. The monoisotopic (exact) mass is 238 g/mol. The molecule has 0 aliphatic rings. The van der Waals surface area contributed by atoms with Gasteiger partial charge in [0.1, 0.15) is 0 Å². The van der Waals surface area contributed by atoms with Gasteiger partial charge in [-0.2, -0.15) is 0 Å². The van der Waals surface area contributed by atoms with Crippen LogP contribution in [-0.4, -0.2) is 18.1 Å². The largest absolute Gasteiger partial charge is 0.487 e. The molecule has 0 saturated heterocycles. The zero-order chi connectivity index (χ0) is 12.5. The van der Waals surface area contributed by atoms with Crippen LogP contribution in [0.4, 0.5) is 5.69 Å². The first kappa shape index (κ1) is 13.4. The molecule has 17 heavy (non-hydrogen) atoms. The zero-order valence-corrected chi connectivity index (χ0v) is 9.80. The fourth-order valence-corrected chi connectivity index (χ4v) is 1.51. The molecule has 5 nitrogen and oxygen atoms in total. The number of unbranched alkanes of at least 4 members (excludes halogenated alkanes) is 3. The van der Waals surface area contributed by atoms with Crippen LogP contribution in [0.3, 0.4) is 0 Å². The standard InChI is InChI=1S/C12H18N2O3/c13-9-5-1-2-6-10-17-12-8-4-3-7-11(12)14(15)16/h3-4,7-8H,1-2,5-6,9-10,13H2. The van der Waals surface area contributed by atoms with E-state index in [1.807, 2.05) is 0 Å². The van der Waals surface area contributed by atoms with E-state index in [0.717, 1.165) is 25.7 Å². The van der Waals surface area contributed by atoms with Crippen molar-refractivity contribution in [2.45, 2.75) is 25.7 Å². The summed E-state index contributed by atoms with van der Waals surface area (Å²) in [5.74, 6) is 0.344. The van der Waals surface area contributed by atoms with Crippen LogP contribution in [0, 0.1) is 10.1 Å². The van der Waals surface area contributed by atoms with Gasteiger partial charge in [-0.25, -0.2) is 0 Å². The summed E-state index contributed by atoms with van der Waals surface area (Å²) in [4.78, 5) is 10.3. The summed E-state index contributed by atoms with van der Waals surface area (Å²) in [7, 11) is 0. The SMILES string of the molecule is NCCCCCCOc1ccccc1[N+](=O)[O-]. The molecule has 1 rings (SSSR count). The number of rotatable bonds is 8. The number of nitrogens with two attached hydrogens (primary N) is 1. The number of hydrogen-bond donors (Lipinski definition) is 1. The molecule has 2 N–H and O–H groups in total. The molecular formula is C12H18N2O3. The first-order valence-electron chi connectivity index (χ1n) is 5.82. The number of hydrogen-bond acceptors (Lipinski definition) is 4. The minimum atomic E-state index is -0.427. The maximum atomic E-state index is 10.7. The molecule has 0 saturated carbocycles. The molecule has 0 fully saturated rings. The molecule has 0 atom stereocenters. The number of nitro benzene ring substituents is 1. The van der Waals surface area contributed by atoms with Gasteiger partial charge in [-0.05, 0) is 25.5 Å². The van der Waals surface area contributed by atoms with Crippen LogP contribution in [0.5, 0.6) is 5.75 Å². The van der Waals surface area contributed by atoms with Crippen LogP contribution >= 0.6 is 0 Å². The topological polar surface area (TPSA) is 78.4 Å². The van der Waals surface area contributed by atoms with Gasteiger partial charge < -0.3 is 10.5 Å². The molecule has 1 aromatic carbocycles. The molecular weight excluding hydrogens is 220 g/mol. The summed E-state index contributed by atoms with van der Waals surface area (Å²) in [6.07, 6.45) is 4.03. The maximum absolute atomic E-state index is 10.7. The molecule has 0 aliphatic carbocycles. The predicted octanol–water partition coefficient (Wildman–Crippen LogP) is 2.49. The van der Waals surface area contributed by atoms with E-state index in [1.165, 1.54) is 6.07 Å². The van der Waals surface area contributed by atoms with Crippen molar-refractivity contribution < 1.29 is 9.66 Å². The maximum Gasteiger partial charge on any atom is 0.310 e. The molecule has 0 radical (unpaired) electrons. The van der Waals surface area contributed by atoms with Gasteiger partial charge in [0.05, 0.1) is 11.5 Å². The Bertz CT molecular complexity index is 355. The van der Waals surface area contributed by atoms with E-state index in [-0.39, 0.29) is 5.69 Å². The highest BCUT2D eigenvalue weighted by Gasteiger charge is 2.12. The molecule has 0 aliphatic heterocycles. The highest BCUT2D eigenvalue weighted by Crippen LogP contribution is 2.25. The highest BCUT2D eigenvalue weighted by atomic mass is 16.6. The lowest BCUT2D eigenvalue weighted by Crippen LogP contribution is -2.01. The first-order valence-corrected chi connectivity index (χ1v) is 5.82. The molecule has 5 heteroatoms. The van der Waals surface area contributed by atoms with Crippen molar-refractivity contribution >= 4 is 5.69 Å². The smallest absolute Gasteiger partial charge is 0.310 e. The van der Waals surface area contributed by atoms with Gasteiger partial charge in [-0.1, -0.05) is 25.0 Å². The van der Waals surface area contributed by atoms with Crippen LogP contribution in [0.1, 0.15) is 25.7 Å². The van der Waals surface area contributed by atoms with E-state index in [9.17, 15) is 10.1 Å². The molecule has 0 amide bonds. The fourth-order valence-electron chi connectivity index (χ4n) is 1.51. The van der Waals surface area contributed by atoms with Crippen LogP contribution < -0.4 is 10.5 Å². The lowest BCUT2D eigenvalue weighted by atomic mass is 10.2. The van der Waals surface area contributed by atoms with Gasteiger partial charge in [-0.3, -0.25) is 10.1 Å². The second-order valence-electron chi connectivity index (χ2n) is 3.78. The van der Waals surface area contributed by atoms with Gasteiger partial charge in [0, 0.05) is 6.07 Å². The Kier molecular flexibility index (Phi) is 6.03. The molecule has 0 aromatic heterocycles. The molecule has 0 bridgehead atoms. The van der Waals surface area contributed by atoms with Gasteiger partial charge >= 0.3 is 5.69 Å². The van der Waals surface area contributed by atoms with Crippen LogP contribution in [0.15, 0.2) is 24.3 Å². The predicted molar refractivity (Wildman–Crippen MR) is 66.1 cm³/mol. The van der Waals surface area contributed by atoms with Gasteiger partial charge in [0.15, 0.2) is 5.75 Å². The second-order valence-corrected chi connectivity index (χ2v) is 3.78. The average molecular weight is 238 g/mol. The van der Waals surface area contributed by atoms with Crippen molar-refractivity contribution in [3.05, 3.63) is 34.4 Å². The van der Waals surface area contributed by atoms with E-state index in [4.69, 9.17) is 10.5 Å². The second kappa shape index (κ2) is 7.62. The molecule has 1 aromatic rings. The normalized spacial score (nSPS) is 10.2. The van der Waals surface area contributed by atoms with Crippen LogP contribution in [-0.2, 0) is 0 Å². The Labute approximate surface area is 101 Å². The van der Waals surface area contributed by atoms with Crippen molar-refractivity contribution in [2.75, 3.05) is 13.2 Å². The van der Waals surface area contributed by atoms with Crippen molar-refractivity contribution in [3.63, 3.8) is 0 Å². The lowest BCUT2D eigenvalue weighted by Gasteiger charge is -2.06. The number of benzene rings is 1. The third-order valence-electron chi connectivity index (χ3n) is 2.42. The van der Waals surface area contributed by atoms with Gasteiger partial charge in [-0.15, -0.1) is 0 Å². The number of nitro groups is 1. The zero-order valence-electron chi connectivity index (χ0n) is 9.80. The Morgan fingerprint density at radius 3 is 2.59 bits per heavy atom. The molecule has 0 unspecified atom stereocenters. The van der Waals surface area contributed by atoms with Crippen molar-refractivity contribution in [1.29, 1.82) is 0 Å².